The fourth-order valence-electron chi connectivity index (χ4n) is 1.52. The van der Waals surface area contributed by atoms with Crippen molar-refractivity contribution in [2.24, 2.45) is 0 Å². The molecule has 1 unspecified atom stereocenters. The molecule has 0 spiro atoms. The summed E-state index contributed by atoms with van der Waals surface area (Å²) in [5.74, 6) is -4.21. The number of aliphatic hydroxyl groups excluding tert-OH is 1. The average molecular weight is 315 g/mol. The predicted molar refractivity (Wildman–Crippen MR) is 67.7 cm³/mol. The van der Waals surface area contributed by atoms with Gasteiger partial charge in [-0.3, -0.25) is 0 Å². The zero-order chi connectivity index (χ0) is 15.3. The fourth-order valence-corrected chi connectivity index (χ4v) is 1.84. The Morgan fingerprint density at radius 3 is 2.55 bits per heavy atom. The Morgan fingerprint density at radius 2 is 2.00 bits per heavy atom. The SMILES string of the molecule is Cc1ccc(CC(O)COCC(F)(F)C(F)F)c(Cl)c1. The summed E-state index contributed by atoms with van der Waals surface area (Å²) in [7, 11) is 0. The van der Waals surface area contributed by atoms with Gasteiger partial charge in [0.1, 0.15) is 6.61 Å². The molecular weight excluding hydrogens is 300 g/mol. The first kappa shape index (κ1) is 17.2. The number of ether oxygens (including phenoxy) is 1. The zero-order valence-electron chi connectivity index (χ0n) is 10.8. The van der Waals surface area contributed by atoms with Crippen molar-refractivity contribution in [1.29, 1.82) is 0 Å². The fraction of sp³-hybridized carbons (Fsp3) is 0.538. The molecule has 1 aromatic rings. The van der Waals surface area contributed by atoms with E-state index in [4.69, 9.17) is 11.6 Å². The van der Waals surface area contributed by atoms with Crippen molar-refractivity contribution in [3.63, 3.8) is 0 Å². The van der Waals surface area contributed by atoms with Crippen LogP contribution in [0.3, 0.4) is 0 Å². The Bertz CT molecular complexity index is 440. The molecule has 1 atom stereocenters. The smallest absolute Gasteiger partial charge is 0.330 e. The summed E-state index contributed by atoms with van der Waals surface area (Å²) < 4.78 is 53.3. The van der Waals surface area contributed by atoms with Crippen LogP contribution in [0.25, 0.3) is 0 Å². The minimum atomic E-state index is -4.21. The predicted octanol–water partition coefficient (Wildman–Crippen LogP) is 3.47. The van der Waals surface area contributed by atoms with Gasteiger partial charge in [0.2, 0.25) is 0 Å². The van der Waals surface area contributed by atoms with E-state index in [0.29, 0.717) is 10.6 Å². The Kier molecular flexibility index (Phi) is 6.23. The topological polar surface area (TPSA) is 29.5 Å². The molecule has 0 heterocycles. The lowest BCUT2D eigenvalue weighted by atomic mass is 10.1. The Hall–Kier alpha value is -0.850. The maximum absolute atomic E-state index is 12.6. The van der Waals surface area contributed by atoms with Gasteiger partial charge in [0, 0.05) is 11.4 Å². The number of halogens is 5. The molecule has 2 nitrogen and oxygen atoms in total. The third-order valence-electron chi connectivity index (χ3n) is 2.59. The van der Waals surface area contributed by atoms with E-state index in [2.05, 4.69) is 4.74 Å². The number of alkyl halides is 4. The molecular formula is C13H15ClF4O2. The third kappa shape index (κ3) is 5.26. The van der Waals surface area contributed by atoms with Crippen LogP contribution in [0.4, 0.5) is 17.6 Å². The minimum absolute atomic E-state index is 0.0966. The number of hydrogen-bond donors (Lipinski definition) is 1. The largest absolute Gasteiger partial charge is 0.390 e. The van der Waals surface area contributed by atoms with Gasteiger partial charge in [-0.2, -0.15) is 8.78 Å². The van der Waals surface area contributed by atoms with E-state index < -0.39 is 31.7 Å². The van der Waals surface area contributed by atoms with Crippen molar-refractivity contribution in [2.75, 3.05) is 13.2 Å². The molecule has 0 aliphatic carbocycles. The first-order valence-corrected chi connectivity index (χ1v) is 6.27. The van der Waals surface area contributed by atoms with Crippen LogP contribution >= 0.6 is 11.6 Å². The number of aliphatic hydroxyl groups is 1. The van der Waals surface area contributed by atoms with Crippen LogP contribution in [0.15, 0.2) is 18.2 Å². The van der Waals surface area contributed by atoms with Crippen LogP contribution in [0.5, 0.6) is 0 Å². The molecule has 1 N–H and O–H groups in total. The highest BCUT2D eigenvalue weighted by atomic mass is 35.5. The number of aryl methyl sites for hydroxylation is 1. The zero-order valence-corrected chi connectivity index (χ0v) is 11.5. The molecule has 0 aliphatic heterocycles. The highest BCUT2D eigenvalue weighted by Gasteiger charge is 2.41. The van der Waals surface area contributed by atoms with Crippen molar-refractivity contribution < 1.29 is 27.4 Å². The Morgan fingerprint density at radius 1 is 1.35 bits per heavy atom. The molecule has 0 bridgehead atoms. The van der Waals surface area contributed by atoms with E-state index in [1.165, 1.54) is 0 Å². The summed E-state index contributed by atoms with van der Waals surface area (Å²) in [6, 6.07) is 5.20. The van der Waals surface area contributed by atoms with Gasteiger partial charge in [0.15, 0.2) is 0 Å². The van der Waals surface area contributed by atoms with Crippen molar-refractivity contribution in [2.45, 2.75) is 31.8 Å². The third-order valence-corrected chi connectivity index (χ3v) is 2.94. The van der Waals surface area contributed by atoms with Crippen molar-refractivity contribution in [3.05, 3.63) is 34.3 Å². The van der Waals surface area contributed by atoms with Gasteiger partial charge >= 0.3 is 12.3 Å². The highest BCUT2D eigenvalue weighted by Crippen LogP contribution is 2.23. The molecule has 114 valence electrons. The molecule has 0 saturated carbocycles. The van der Waals surface area contributed by atoms with Crippen molar-refractivity contribution in [1.82, 2.24) is 0 Å². The second-order valence-electron chi connectivity index (χ2n) is 4.53. The standard InChI is InChI=1S/C13H15ClF4O2/c1-8-2-3-9(11(14)4-8)5-10(19)6-20-7-13(17,18)12(15)16/h2-4,10,12,19H,5-7H2,1H3. The first-order valence-electron chi connectivity index (χ1n) is 5.89. The lowest BCUT2D eigenvalue weighted by molar-refractivity contribution is -0.170. The average Bonchev–Trinajstić information content (AvgIpc) is 2.32. The maximum atomic E-state index is 12.6. The van der Waals surface area contributed by atoms with Crippen molar-refractivity contribution in [3.8, 4) is 0 Å². The normalized spacial score (nSPS) is 13.8. The lowest BCUT2D eigenvalue weighted by Crippen LogP contribution is -2.34. The van der Waals surface area contributed by atoms with Gasteiger partial charge < -0.3 is 9.84 Å². The van der Waals surface area contributed by atoms with E-state index in [9.17, 15) is 22.7 Å². The van der Waals surface area contributed by atoms with Gasteiger partial charge in [-0.05, 0) is 24.1 Å². The van der Waals surface area contributed by atoms with Gasteiger partial charge in [0.05, 0.1) is 12.7 Å². The number of benzene rings is 1. The molecule has 1 aromatic carbocycles. The van der Waals surface area contributed by atoms with Gasteiger partial charge in [-0.1, -0.05) is 23.7 Å². The molecule has 20 heavy (non-hydrogen) atoms. The molecule has 0 saturated heterocycles. The van der Waals surface area contributed by atoms with E-state index in [0.717, 1.165) is 5.56 Å². The molecule has 0 radical (unpaired) electrons. The minimum Gasteiger partial charge on any atom is -0.390 e. The van der Waals surface area contributed by atoms with E-state index in [1.807, 2.05) is 6.92 Å². The number of hydrogen-bond acceptors (Lipinski definition) is 2. The maximum Gasteiger partial charge on any atom is 0.330 e. The molecule has 1 rings (SSSR count). The van der Waals surface area contributed by atoms with Crippen LogP contribution in [-0.2, 0) is 11.2 Å². The summed E-state index contributed by atoms with van der Waals surface area (Å²) in [5.41, 5.74) is 1.58. The monoisotopic (exact) mass is 314 g/mol. The second kappa shape index (κ2) is 7.24. The van der Waals surface area contributed by atoms with Gasteiger partial charge in [0.25, 0.3) is 0 Å². The number of rotatable bonds is 7. The van der Waals surface area contributed by atoms with E-state index in [-0.39, 0.29) is 6.42 Å². The van der Waals surface area contributed by atoms with Crippen LogP contribution in [-0.4, -0.2) is 36.8 Å². The summed E-state index contributed by atoms with van der Waals surface area (Å²) in [6.45, 7) is -0.0442. The summed E-state index contributed by atoms with van der Waals surface area (Å²) in [6.07, 6.45) is -4.78. The quantitative estimate of drug-likeness (QED) is 0.781. The van der Waals surface area contributed by atoms with Gasteiger partial charge in [-0.25, -0.2) is 8.78 Å². The molecule has 7 heteroatoms. The Balaban J connectivity index is 2.42. The summed E-state index contributed by atoms with van der Waals surface area (Å²) >= 11 is 5.95. The molecule has 0 fully saturated rings. The van der Waals surface area contributed by atoms with Gasteiger partial charge in [-0.15, -0.1) is 0 Å². The van der Waals surface area contributed by atoms with E-state index in [1.54, 1.807) is 18.2 Å². The second-order valence-corrected chi connectivity index (χ2v) is 4.94. The Labute approximate surface area is 119 Å². The van der Waals surface area contributed by atoms with Crippen LogP contribution < -0.4 is 0 Å². The lowest BCUT2D eigenvalue weighted by Gasteiger charge is -2.17. The van der Waals surface area contributed by atoms with Crippen LogP contribution in [0.1, 0.15) is 11.1 Å². The molecule has 0 aliphatic rings. The highest BCUT2D eigenvalue weighted by molar-refractivity contribution is 6.31. The molecule has 0 aromatic heterocycles. The first-order chi connectivity index (χ1) is 9.22. The molecule has 0 amide bonds. The summed E-state index contributed by atoms with van der Waals surface area (Å²) in [5, 5.41) is 10.1. The van der Waals surface area contributed by atoms with E-state index >= 15 is 0 Å². The van der Waals surface area contributed by atoms with Crippen LogP contribution in [0.2, 0.25) is 5.02 Å². The van der Waals surface area contributed by atoms with Crippen LogP contribution in [0, 0.1) is 6.92 Å². The summed E-state index contributed by atoms with van der Waals surface area (Å²) in [4.78, 5) is 0. The van der Waals surface area contributed by atoms with Crippen molar-refractivity contribution >= 4 is 11.6 Å².